The van der Waals surface area contributed by atoms with Crippen LogP contribution in [0.4, 0.5) is 0 Å². The molecular weight excluding hydrogens is 350 g/mol. The van der Waals surface area contributed by atoms with Crippen LogP contribution in [0.3, 0.4) is 0 Å². The van der Waals surface area contributed by atoms with Crippen LogP contribution in [-0.2, 0) is 19.3 Å². The van der Waals surface area contributed by atoms with Crippen LogP contribution >= 0.6 is 38.6 Å². The Bertz CT molecular complexity index is 549. The van der Waals surface area contributed by atoms with Gasteiger partial charge in [0, 0.05) is 27.1 Å². The van der Waals surface area contributed by atoms with E-state index in [1.807, 2.05) is 22.7 Å². The second-order valence-corrected chi connectivity index (χ2v) is 9.12. The second-order valence-electron chi connectivity index (χ2n) is 5.41. The molecule has 0 saturated heterocycles. The van der Waals surface area contributed by atoms with Gasteiger partial charge >= 0.3 is 0 Å². The normalized spacial score (nSPS) is 16.7. The van der Waals surface area contributed by atoms with Crippen LogP contribution in [0, 0.1) is 0 Å². The largest absolute Gasteiger partial charge is 0.312 e. The Balaban J connectivity index is 1.79. The van der Waals surface area contributed by atoms with Gasteiger partial charge < -0.3 is 5.32 Å². The van der Waals surface area contributed by atoms with Gasteiger partial charge in [0.05, 0.1) is 3.79 Å². The third kappa shape index (κ3) is 3.35. The van der Waals surface area contributed by atoms with E-state index >= 15 is 0 Å². The summed E-state index contributed by atoms with van der Waals surface area (Å²) in [5.41, 5.74) is 1.62. The van der Waals surface area contributed by atoms with Crippen molar-refractivity contribution in [2.75, 3.05) is 7.05 Å². The van der Waals surface area contributed by atoms with Gasteiger partial charge in [-0.3, -0.25) is 0 Å². The lowest BCUT2D eigenvalue weighted by atomic mass is 10.1. The van der Waals surface area contributed by atoms with Crippen LogP contribution in [0.5, 0.6) is 0 Å². The molecule has 0 fully saturated rings. The van der Waals surface area contributed by atoms with Crippen molar-refractivity contribution in [3.8, 4) is 0 Å². The summed E-state index contributed by atoms with van der Waals surface area (Å²) in [6.45, 7) is 0. The van der Waals surface area contributed by atoms with Crippen LogP contribution in [0.1, 0.15) is 45.5 Å². The molecule has 2 heterocycles. The first kappa shape index (κ1) is 14.8. The number of thiophene rings is 2. The minimum absolute atomic E-state index is 0.456. The van der Waals surface area contributed by atoms with E-state index in [-0.39, 0.29) is 0 Å². The van der Waals surface area contributed by atoms with Crippen LogP contribution in [-0.4, -0.2) is 7.05 Å². The molecule has 3 rings (SSSR count). The summed E-state index contributed by atoms with van der Waals surface area (Å²) >= 11 is 7.44. The van der Waals surface area contributed by atoms with Crippen molar-refractivity contribution in [1.29, 1.82) is 0 Å². The second kappa shape index (κ2) is 6.73. The van der Waals surface area contributed by atoms with E-state index in [0.717, 1.165) is 6.42 Å². The number of fused-ring (bicyclic) bond motifs is 1. The Morgan fingerprint density at radius 1 is 1.20 bits per heavy atom. The molecular formula is C16H20BrNS2. The molecule has 2 aromatic rings. The van der Waals surface area contributed by atoms with E-state index in [9.17, 15) is 0 Å². The van der Waals surface area contributed by atoms with Crippen molar-refractivity contribution in [2.45, 2.75) is 44.6 Å². The highest BCUT2D eigenvalue weighted by Gasteiger charge is 2.18. The quantitative estimate of drug-likeness (QED) is 0.716. The van der Waals surface area contributed by atoms with E-state index in [0.29, 0.717) is 6.04 Å². The maximum absolute atomic E-state index is 3.56. The predicted molar refractivity (Wildman–Crippen MR) is 93.1 cm³/mol. The van der Waals surface area contributed by atoms with Crippen molar-refractivity contribution in [3.63, 3.8) is 0 Å². The number of nitrogens with one attached hydrogen (secondary N) is 1. The topological polar surface area (TPSA) is 12.0 Å². The molecule has 1 nitrogen and oxygen atoms in total. The molecule has 20 heavy (non-hydrogen) atoms. The zero-order valence-electron chi connectivity index (χ0n) is 11.7. The molecule has 0 aromatic carbocycles. The maximum Gasteiger partial charge on any atom is 0.0701 e. The molecule has 1 unspecified atom stereocenters. The number of halogens is 1. The van der Waals surface area contributed by atoms with Crippen LogP contribution < -0.4 is 5.32 Å². The van der Waals surface area contributed by atoms with Gasteiger partial charge in [0.2, 0.25) is 0 Å². The van der Waals surface area contributed by atoms with Gasteiger partial charge in [-0.1, -0.05) is 6.42 Å². The molecule has 0 spiro atoms. The Hall–Kier alpha value is -0.160. The van der Waals surface area contributed by atoms with Gasteiger partial charge in [0.15, 0.2) is 0 Å². The summed E-state index contributed by atoms with van der Waals surface area (Å²) in [7, 11) is 2.08. The Morgan fingerprint density at radius 2 is 2.05 bits per heavy atom. The highest BCUT2D eigenvalue weighted by atomic mass is 79.9. The zero-order chi connectivity index (χ0) is 13.9. The number of rotatable bonds is 4. The Morgan fingerprint density at radius 3 is 2.80 bits per heavy atom. The summed E-state index contributed by atoms with van der Waals surface area (Å²) in [6.07, 6.45) is 7.80. The molecule has 2 aromatic heterocycles. The van der Waals surface area contributed by atoms with Crippen LogP contribution in [0.2, 0.25) is 0 Å². The Kier molecular flexibility index (Phi) is 4.97. The fourth-order valence-corrected chi connectivity index (χ4v) is 5.77. The highest BCUT2D eigenvalue weighted by molar-refractivity contribution is 9.11. The van der Waals surface area contributed by atoms with Crippen LogP contribution in [0.25, 0.3) is 0 Å². The molecule has 4 heteroatoms. The molecule has 0 saturated carbocycles. The first-order valence-corrected chi connectivity index (χ1v) is 9.72. The number of hydrogen-bond donors (Lipinski definition) is 1. The van der Waals surface area contributed by atoms with Crippen molar-refractivity contribution in [1.82, 2.24) is 5.32 Å². The monoisotopic (exact) mass is 369 g/mol. The van der Waals surface area contributed by atoms with Gasteiger partial charge in [-0.2, -0.15) is 0 Å². The van der Waals surface area contributed by atoms with Gasteiger partial charge in [-0.05, 0) is 72.4 Å². The first-order chi connectivity index (χ1) is 9.76. The lowest BCUT2D eigenvalue weighted by Crippen LogP contribution is -2.17. The molecule has 0 bridgehead atoms. The van der Waals surface area contributed by atoms with Crippen molar-refractivity contribution >= 4 is 38.6 Å². The zero-order valence-corrected chi connectivity index (χ0v) is 15.0. The van der Waals surface area contributed by atoms with Crippen molar-refractivity contribution in [3.05, 3.63) is 42.2 Å². The fourth-order valence-electron chi connectivity index (χ4n) is 2.87. The molecule has 108 valence electrons. The number of hydrogen-bond acceptors (Lipinski definition) is 3. The van der Waals surface area contributed by atoms with Gasteiger partial charge in [0.25, 0.3) is 0 Å². The lowest BCUT2D eigenvalue weighted by Gasteiger charge is -2.13. The molecule has 1 N–H and O–H groups in total. The average Bonchev–Trinajstić information content (AvgIpc) is 2.97. The van der Waals surface area contributed by atoms with Gasteiger partial charge in [-0.15, -0.1) is 22.7 Å². The van der Waals surface area contributed by atoms with Gasteiger partial charge in [-0.25, -0.2) is 0 Å². The van der Waals surface area contributed by atoms with E-state index < -0.39 is 0 Å². The molecule has 0 aliphatic heterocycles. The number of aryl methyl sites for hydroxylation is 2. The van der Waals surface area contributed by atoms with E-state index in [2.05, 4.69) is 46.5 Å². The minimum Gasteiger partial charge on any atom is -0.312 e. The summed E-state index contributed by atoms with van der Waals surface area (Å²) in [5, 5.41) is 3.50. The number of likely N-dealkylation sites (N-methyl/N-ethyl adjacent to an activating group) is 1. The summed E-state index contributed by atoms with van der Waals surface area (Å²) in [5.74, 6) is 0. The highest BCUT2D eigenvalue weighted by Crippen LogP contribution is 2.34. The van der Waals surface area contributed by atoms with E-state index in [4.69, 9.17) is 0 Å². The van der Waals surface area contributed by atoms with Crippen molar-refractivity contribution in [2.24, 2.45) is 0 Å². The minimum atomic E-state index is 0.456. The Labute approximate surface area is 137 Å². The smallest absolute Gasteiger partial charge is 0.0701 e. The average molecular weight is 370 g/mol. The molecule has 1 aliphatic rings. The SMILES string of the molecule is CNC(Cc1ccc(Br)s1)c1cc2c(s1)CCCCC2. The molecule has 0 amide bonds. The summed E-state index contributed by atoms with van der Waals surface area (Å²) < 4.78 is 1.23. The third-order valence-electron chi connectivity index (χ3n) is 3.99. The molecule has 1 atom stereocenters. The maximum atomic E-state index is 3.56. The van der Waals surface area contributed by atoms with E-state index in [1.54, 1.807) is 10.4 Å². The first-order valence-electron chi connectivity index (χ1n) is 7.29. The predicted octanol–water partition coefficient (Wildman–Crippen LogP) is 5.34. The van der Waals surface area contributed by atoms with Crippen LogP contribution in [0.15, 0.2) is 22.0 Å². The summed E-state index contributed by atoms with van der Waals surface area (Å²) in [6, 6.07) is 7.31. The van der Waals surface area contributed by atoms with Gasteiger partial charge in [0.1, 0.15) is 0 Å². The fraction of sp³-hybridized carbons (Fsp3) is 0.500. The molecule has 1 aliphatic carbocycles. The molecule has 0 radical (unpaired) electrons. The standard InChI is InChI=1S/C16H20BrNS2/c1-18-13(10-12-7-8-16(17)19-12)15-9-11-5-3-2-4-6-14(11)20-15/h7-9,13,18H,2-6,10H2,1H3. The van der Waals surface area contributed by atoms with E-state index in [1.165, 1.54) is 45.6 Å². The van der Waals surface area contributed by atoms with Crippen molar-refractivity contribution < 1.29 is 0 Å². The lowest BCUT2D eigenvalue weighted by molar-refractivity contribution is 0.606. The summed E-state index contributed by atoms with van der Waals surface area (Å²) in [4.78, 5) is 4.61. The third-order valence-corrected chi connectivity index (χ3v) is 6.99.